The fourth-order valence-corrected chi connectivity index (χ4v) is 10.7. The summed E-state index contributed by atoms with van der Waals surface area (Å²) >= 11 is 1.86. The standard InChI is InChI=1S/C59H36N4S/c1-2-14-39(15-3-1)59-61-50(36-51(62-59)43-19-13-21-45(33-43)63-53-25-9-6-22-46(53)47-23-7-10-26-54(47)63)38-30-28-37(29-31-38)40-18-12-20-44(32-40)57-56-48-24-8-11-27-55(48)64-58(56)49-34-41-16-4-5-17-42(41)35-52(49)60-57/h1-36H. The lowest BCUT2D eigenvalue weighted by molar-refractivity contribution is 1.16. The number of fused-ring (bicyclic) bond motifs is 9. The largest absolute Gasteiger partial charge is 0.309 e. The maximum Gasteiger partial charge on any atom is 0.160 e. The van der Waals surface area contributed by atoms with Crippen molar-refractivity contribution in [1.82, 2.24) is 19.5 Å². The smallest absolute Gasteiger partial charge is 0.160 e. The Hall–Kier alpha value is -8.25. The Morgan fingerprint density at radius 2 is 0.953 bits per heavy atom. The summed E-state index contributed by atoms with van der Waals surface area (Å²) in [5, 5.41) is 8.56. The van der Waals surface area contributed by atoms with E-state index in [9.17, 15) is 0 Å². The van der Waals surface area contributed by atoms with Gasteiger partial charge in [0.15, 0.2) is 5.82 Å². The molecular weight excluding hydrogens is 797 g/mol. The third-order valence-electron chi connectivity index (χ3n) is 12.6. The van der Waals surface area contributed by atoms with E-state index in [4.69, 9.17) is 15.0 Å². The molecule has 4 heterocycles. The lowest BCUT2D eigenvalue weighted by Gasteiger charge is -2.13. The third kappa shape index (κ3) is 6.01. The molecular formula is C59H36N4S. The van der Waals surface area contributed by atoms with Crippen LogP contribution in [0.1, 0.15) is 0 Å². The van der Waals surface area contributed by atoms with Gasteiger partial charge in [-0.1, -0.05) is 164 Å². The summed E-state index contributed by atoms with van der Waals surface area (Å²) in [6.45, 7) is 0. The first-order valence-electron chi connectivity index (χ1n) is 21.6. The van der Waals surface area contributed by atoms with Gasteiger partial charge in [-0.05, 0) is 76.5 Å². The van der Waals surface area contributed by atoms with Gasteiger partial charge in [0.1, 0.15) is 0 Å². The van der Waals surface area contributed by atoms with Gasteiger partial charge < -0.3 is 4.57 Å². The lowest BCUT2D eigenvalue weighted by atomic mass is 9.97. The molecule has 5 heteroatoms. The van der Waals surface area contributed by atoms with E-state index in [-0.39, 0.29) is 0 Å². The number of aromatic nitrogens is 4. The molecule has 0 bridgehead atoms. The maximum atomic E-state index is 5.44. The Bertz CT molecular complexity index is 3900. The molecule has 0 aliphatic heterocycles. The number of nitrogens with zero attached hydrogens (tertiary/aromatic N) is 4. The van der Waals surface area contributed by atoms with Crippen LogP contribution in [-0.2, 0) is 0 Å². The summed E-state index contributed by atoms with van der Waals surface area (Å²) in [5.74, 6) is 0.690. The van der Waals surface area contributed by atoms with Crippen LogP contribution in [-0.4, -0.2) is 19.5 Å². The van der Waals surface area contributed by atoms with E-state index in [1.807, 2.05) is 29.5 Å². The minimum atomic E-state index is 0.690. The van der Waals surface area contributed by atoms with Crippen LogP contribution in [0.5, 0.6) is 0 Å². The first kappa shape index (κ1) is 36.4. The predicted molar refractivity (Wildman–Crippen MR) is 269 cm³/mol. The molecule has 0 aliphatic rings. The second-order valence-corrected chi connectivity index (χ2v) is 17.4. The van der Waals surface area contributed by atoms with Crippen LogP contribution in [0, 0.1) is 0 Å². The van der Waals surface area contributed by atoms with Crippen molar-refractivity contribution in [2.45, 2.75) is 0 Å². The van der Waals surface area contributed by atoms with Gasteiger partial charge in [0, 0.05) is 64.3 Å². The fourth-order valence-electron chi connectivity index (χ4n) is 9.50. The van der Waals surface area contributed by atoms with Crippen molar-refractivity contribution in [3.63, 3.8) is 0 Å². The quantitative estimate of drug-likeness (QED) is 0.157. The van der Waals surface area contributed by atoms with Gasteiger partial charge in [-0.25, -0.2) is 15.0 Å². The highest BCUT2D eigenvalue weighted by molar-refractivity contribution is 7.26. The molecule has 0 saturated heterocycles. The van der Waals surface area contributed by atoms with Crippen LogP contribution >= 0.6 is 11.3 Å². The van der Waals surface area contributed by atoms with Crippen molar-refractivity contribution in [3.05, 3.63) is 218 Å². The van der Waals surface area contributed by atoms with Gasteiger partial charge in [-0.15, -0.1) is 11.3 Å². The van der Waals surface area contributed by atoms with Crippen LogP contribution in [0.4, 0.5) is 0 Å². The fraction of sp³-hybridized carbons (Fsp3) is 0. The molecule has 9 aromatic carbocycles. The second-order valence-electron chi connectivity index (χ2n) is 16.4. The Morgan fingerprint density at radius 3 is 1.73 bits per heavy atom. The summed E-state index contributed by atoms with van der Waals surface area (Å²) in [7, 11) is 0. The SMILES string of the molecule is c1ccc(-c2nc(-c3ccc(-c4cccc(-c5nc6cc7ccccc7cc6c6sc7ccccc7c56)c4)cc3)cc(-c3cccc(-n4c5ccccc5c5ccccc54)c3)n2)cc1. The van der Waals surface area contributed by atoms with E-state index in [1.165, 1.54) is 58.1 Å². The van der Waals surface area contributed by atoms with Crippen LogP contribution < -0.4 is 0 Å². The van der Waals surface area contributed by atoms with Gasteiger partial charge in [0.05, 0.1) is 33.6 Å². The number of benzene rings is 9. The van der Waals surface area contributed by atoms with Crippen molar-refractivity contribution >= 4 is 75.0 Å². The Balaban J connectivity index is 0.904. The van der Waals surface area contributed by atoms with Crippen molar-refractivity contribution in [1.29, 1.82) is 0 Å². The van der Waals surface area contributed by atoms with Crippen LogP contribution in [0.3, 0.4) is 0 Å². The average Bonchev–Trinajstić information content (AvgIpc) is 3.93. The van der Waals surface area contributed by atoms with Crippen molar-refractivity contribution in [2.75, 3.05) is 0 Å². The maximum absolute atomic E-state index is 5.44. The molecule has 4 nitrogen and oxygen atoms in total. The van der Waals surface area contributed by atoms with Crippen LogP contribution in [0.2, 0.25) is 0 Å². The summed E-state index contributed by atoms with van der Waals surface area (Å²) in [4.78, 5) is 15.8. The minimum absolute atomic E-state index is 0.690. The second kappa shape index (κ2) is 14.7. The average molecular weight is 833 g/mol. The third-order valence-corrected chi connectivity index (χ3v) is 13.8. The zero-order valence-corrected chi connectivity index (χ0v) is 35.3. The van der Waals surface area contributed by atoms with Crippen molar-refractivity contribution < 1.29 is 0 Å². The molecule has 298 valence electrons. The molecule has 13 rings (SSSR count). The number of para-hydroxylation sites is 2. The Labute approximate surface area is 373 Å². The molecule has 0 fully saturated rings. The van der Waals surface area contributed by atoms with Gasteiger partial charge >= 0.3 is 0 Å². The summed E-state index contributed by atoms with van der Waals surface area (Å²) in [5.41, 5.74) is 13.6. The monoisotopic (exact) mass is 832 g/mol. The normalized spacial score (nSPS) is 11.8. The molecule has 0 amide bonds. The highest BCUT2D eigenvalue weighted by atomic mass is 32.1. The van der Waals surface area contributed by atoms with E-state index >= 15 is 0 Å². The van der Waals surface area contributed by atoms with Gasteiger partial charge in [-0.2, -0.15) is 0 Å². The number of thiophene rings is 1. The number of hydrogen-bond acceptors (Lipinski definition) is 4. The van der Waals surface area contributed by atoms with E-state index < -0.39 is 0 Å². The molecule has 13 aromatic rings. The first-order valence-corrected chi connectivity index (χ1v) is 22.4. The molecule has 0 unspecified atom stereocenters. The number of hydrogen-bond donors (Lipinski definition) is 0. The zero-order chi connectivity index (χ0) is 42.1. The number of rotatable bonds is 6. The Kier molecular flexibility index (Phi) is 8.36. The lowest BCUT2D eigenvalue weighted by Crippen LogP contribution is -1.98. The van der Waals surface area contributed by atoms with E-state index in [0.29, 0.717) is 5.82 Å². The Morgan fingerprint density at radius 1 is 0.359 bits per heavy atom. The predicted octanol–water partition coefficient (Wildman–Crippen LogP) is 16.0. The van der Waals surface area contributed by atoms with Crippen LogP contribution in [0.25, 0.3) is 126 Å². The highest BCUT2D eigenvalue weighted by Gasteiger charge is 2.19. The van der Waals surface area contributed by atoms with Gasteiger partial charge in [-0.3, -0.25) is 0 Å². The van der Waals surface area contributed by atoms with E-state index in [1.54, 1.807) is 0 Å². The van der Waals surface area contributed by atoms with E-state index in [2.05, 4.69) is 205 Å². The molecule has 0 aliphatic carbocycles. The first-order chi connectivity index (χ1) is 31.7. The van der Waals surface area contributed by atoms with E-state index in [0.717, 1.165) is 61.7 Å². The highest BCUT2D eigenvalue weighted by Crippen LogP contribution is 2.44. The molecule has 0 N–H and O–H groups in total. The van der Waals surface area contributed by atoms with Crippen LogP contribution in [0.15, 0.2) is 218 Å². The minimum Gasteiger partial charge on any atom is -0.309 e. The summed E-state index contributed by atoms with van der Waals surface area (Å²) < 4.78 is 4.90. The molecule has 64 heavy (non-hydrogen) atoms. The van der Waals surface area contributed by atoms with Gasteiger partial charge in [0.2, 0.25) is 0 Å². The molecule has 0 spiro atoms. The molecule has 4 aromatic heterocycles. The summed E-state index contributed by atoms with van der Waals surface area (Å²) in [6.07, 6.45) is 0. The topological polar surface area (TPSA) is 43.6 Å². The van der Waals surface area contributed by atoms with Gasteiger partial charge in [0.25, 0.3) is 0 Å². The molecule has 0 atom stereocenters. The molecule has 0 radical (unpaired) electrons. The summed E-state index contributed by atoms with van der Waals surface area (Å²) in [6, 6.07) is 77.8. The molecule has 0 saturated carbocycles. The number of pyridine rings is 1. The van der Waals surface area contributed by atoms with Crippen molar-refractivity contribution in [3.8, 4) is 62.0 Å². The zero-order valence-electron chi connectivity index (χ0n) is 34.5. The van der Waals surface area contributed by atoms with Crippen molar-refractivity contribution in [2.24, 2.45) is 0 Å².